The van der Waals surface area contributed by atoms with Gasteiger partial charge < -0.3 is 14.9 Å². The van der Waals surface area contributed by atoms with E-state index in [2.05, 4.69) is 10.3 Å². The number of hydrogen-bond donors (Lipinski definition) is 2. The Morgan fingerprint density at radius 3 is 2.95 bits per heavy atom. The lowest BCUT2D eigenvalue weighted by Crippen LogP contribution is -2.12. The first kappa shape index (κ1) is 15.6. The van der Waals surface area contributed by atoms with Crippen molar-refractivity contribution in [3.8, 4) is 0 Å². The Morgan fingerprint density at radius 1 is 1.45 bits per heavy atom. The molecule has 2 heterocycles. The van der Waals surface area contributed by atoms with Crippen molar-refractivity contribution in [1.29, 1.82) is 0 Å². The highest BCUT2D eigenvalue weighted by Gasteiger charge is 2.31. The second-order valence-electron chi connectivity index (χ2n) is 5.48. The summed E-state index contributed by atoms with van der Waals surface area (Å²) in [5.74, 6) is -1.49. The van der Waals surface area contributed by atoms with E-state index < -0.39 is 11.6 Å². The smallest absolute Gasteiger partial charge is 0.177 e. The number of benzene rings is 1. The van der Waals surface area contributed by atoms with E-state index in [-0.39, 0.29) is 16.5 Å². The summed E-state index contributed by atoms with van der Waals surface area (Å²) in [4.78, 5) is 3.19. The van der Waals surface area contributed by atoms with Crippen molar-refractivity contribution in [2.45, 2.75) is 25.3 Å². The zero-order valence-electron chi connectivity index (χ0n) is 12.0. The maximum atomic E-state index is 14.2. The number of imidazole rings is 1. The highest BCUT2D eigenvalue weighted by Crippen LogP contribution is 2.36. The molecule has 1 aliphatic rings. The van der Waals surface area contributed by atoms with Gasteiger partial charge in [-0.3, -0.25) is 0 Å². The molecule has 0 radical (unpaired) electrons. The van der Waals surface area contributed by atoms with Crippen LogP contribution in [0.4, 0.5) is 8.78 Å². The van der Waals surface area contributed by atoms with E-state index in [9.17, 15) is 8.78 Å². The summed E-state index contributed by atoms with van der Waals surface area (Å²) >= 11 is 11.1. The molecule has 3 nitrogen and oxygen atoms in total. The van der Waals surface area contributed by atoms with Gasteiger partial charge in [-0.1, -0.05) is 11.6 Å². The van der Waals surface area contributed by atoms with Gasteiger partial charge >= 0.3 is 0 Å². The zero-order valence-corrected chi connectivity index (χ0v) is 13.6. The van der Waals surface area contributed by atoms with Gasteiger partial charge in [-0.15, -0.1) is 0 Å². The van der Waals surface area contributed by atoms with Crippen molar-refractivity contribution in [3.63, 3.8) is 0 Å². The minimum atomic E-state index is -0.663. The van der Waals surface area contributed by atoms with Gasteiger partial charge in [0.15, 0.2) is 4.77 Å². The maximum absolute atomic E-state index is 14.2. The van der Waals surface area contributed by atoms with Crippen molar-refractivity contribution in [1.82, 2.24) is 14.9 Å². The normalized spacial score (nSPS) is 17.0. The lowest BCUT2D eigenvalue weighted by Gasteiger charge is -2.13. The van der Waals surface area contributed by atoms with Crippen LogP contribution >= 0.6 is 23.8 Å². The lowest BCUT2D eigenvalue weighted by molar-refractivity contribution is 0.513. The molecule has 1 aromatic carbocycles. The Bertz CT molecular complexity index is 769. The fourth-order valence-corrected chi connectivity index (χ4v) is 3.54. The molecule has 22 heavy (non-hydrogen) atoms. The molecular formula is C15H16ClF2N3S. The van der Waals surface area contributed by atoms with Crippen molar-refractivity contribution >= 4 is 23.8 Å². The molecule has 7 heteroatoms. The Labute approximate surface area is 137 Å². The van der Waals surface area contributed by atoms with Crippen LogP contribution in [0.25, 0.3) is 0 Å². The van der Waals surface area contributed by atoms with E-state index in [0.29, 0.717) is 17.7 Å². The predicted molar refractivity (Wildman–Crippen MR) is 85.1 cm³/mol. The number of aromatic amines is 1. The van der Waals surface area contributed by atoms with Crippen molar-refractivity contribution in [3.05, 3.63) is 50.5 Å². The topological polar surface area (TPSA) is 32.8 Å². The molecule has 1 aliphatic heterocycles. The Morgan fingerprint density at radius 2 is 2.23 bits per heavy atom. The predicted octanol–water partition coefficient (Wildman–Crippen LogP) is 3.58. The average Bonchev–Trinajstić information content (AvgIpc) is 3.03. The third-order valence-corrected chi connectivity index (χ3v) is 4.75. The van der Waals surface area contributed by atoms with Crippen LogP contribution in [0.1, 0.15) is 22.9 Å². The highest BCUT2D eigenvalue weighted by molar-refractivity contribution is 7.71. The van der Waals surface area contributed by atoms with Crippen LogP contribution in [0.3, 0.4) is 0 Å². The van der Waals surface area contributed by atoms with Crippen LogP contribution in [0, 0.1) is 16.4 Å². The Hall–Kier alpha value is -1.24. The SMILES string of the molecule is CNCCc1[nH]c(=S)n2c1CC(c1c(F)ccc(Cl)c1F)C2. The van der Waals surface area contributed by atoms with Gasteiger partial charge in [-0.25, -0.2) is 8.78 Å². The van der Waals surface area contributed by atoms with Gasteiger partial charge in [0.05, 0.1) is 5.02 Å². The molecule has 3 rings (SSSR count). The van der Waals surface area contributed by atoms with Gasteiger partial charge in [0.25, 0.3) is 0 Å². The Balaban J connectivity index is 1.95. The summed E-state index contributed by atoms with van der Waals surface area (Å²) < 4.78 is 30.8. The minimum Gasteiger partial charge on any atom is -0.334 e. The van der Waals surface area contributed by atoms with Gasteiger partial charge in [0, 0.05) is 42.4 Å². The van der Waals surface area contributed by atoms with Gasteiger partial charge in [-0.2, -0.15) is 0 Å². The van der Waals surface area contributed by atoms with Crippen molar-refractivity contribution in [2.24, 2.45) is 0 Å². The summed E-state index contributed by atoms with van der Waals surface area (Å²) in [6, 6.07) is 2.46. The van der Waals surface area contributed by atoms with E-state index in [1.54, 1.807) is 0 Å². The van der Waals surface area contributed by atoms with Gasteiger partial charge in [0.1, 0.15) is 11.6 Å². The summed E-state index contributed by atoms with van der Waals surface area (Å²) in [7, 11) is 1.88. The summed E-state index contributed by atoms with van der Waals surface area (Å²) in [5, 5.41) is 3.04. The monoisotopic (exact) mass is 343 g/mol. The van der Waals surface area contributed by atoms with Crippen LogP contribution < -0.4 is 5.32 Å². The molecule has 2 N–H and O–H groups in total. The molecule has 0 saturated carbocycles. The molecule has 0 spiro atoms. The molecule has 0 aliphatic carbocycles. The van der Waals surface area contributed by atoms with Crippen LogP contribution in [0.2, 0.25) is 5.02 Å². The molecule has 2 aromatic rings. The fraction of sp³-hybridized carbons (Fsp3) is 0.400. The number of nitrogens with one attached hydrogen (secondary N) is 2. The second kappa shape index (κ2) is 6.10. The number of likely N-dealkylation sites (N-methyl/N-ethyl adjacent to an activating group) is 1. The number of hydrogen-bond acceptors (Lipinski definition) is 2. The molecule has 0 amide bonds. The number of fused-ring (bicyclic) bond motifs is 1. The van der Waals surface area contributed by atoms with Crippen LogP contribution in [0.5, 0.6) is 0 Å². The molecule has 1 aromatic heterocycles. The number of nitrogens with zero attached hydrogens (tertiary/aromatic N) is 1. The fourth-order valence-electron chi connectivity index (χ4n) is 3.07. The summed E-state index contributed by atoms with van der Waals surface area (Å²) in [6.07, 6.45) is 1.36. The van der Waals surface area contributed by atoms with Gasteiger partial charge in [-0.05, 0) is 37.8 Å². The molecule has 0 saturated heterocycles. The van der Waals surface area contributed by atoms with Gasteiger partial charge in [0.2, 0.25) is 0 Å². The maximum Gasteiger partial charge on any atom is 0.177 e. The molecule has 0 fully saturated rings. The standard InChI is InChI=1S/C15H16ClF2N3S/c1-19-5-4-11-12-6-8(7-21(12)15(22)20-11)13-10(17)3-2-9(16)14(13)18/h2-3,8,19H,4-7H2,1H3,(H,20,22). The van der Waals surface area contributed by atoms with Crippen LogP contribution in [-0.4, -0.2) is 23.1 Å². The number of aromatic nitrogens is 2. The highest BCUT2D eigenvalue weighted by atomic mass is 35.5. The largest absolute Gasteiger partial charge is 0.334 e. The van der Waals surface area contributed by atoms with Crippen LogP contribution in [-0.2, 0) is 19.4 Å². The summed E-state index contributed by atoms with van der Waals surface area (Å²) in [5.41, 5.74) is 2.12. The number of halogens is 3. The van der Waals surface area contributed by atoms with E-state index >= 15 is 0 Å². The number of H-pyrrole nitrogens is 1. The quantitative estimate of drug-likeness (QED) is 0.657. The van der Waals surface area contributed by atoms with Crippen molar-refractivity contribution < 1.29 is 8.78 Å². The zero-order chi connectivity index (χ0) is 15.9. The first-order valence-electron chi connectivity index (χ1n) is 7.11. The molecule has 0 bridgehead atoms. The van der Waals surface area contributed by atoms with E-state index in [1.165, 1.54) is 12.1 Å². The third kappa shape index (κ3) is 2.59. The molecule has 1 unspecified atom stereocenters. The van der Waals surface area contributed by atoms with Crippen LogP contribution in [0.15, 0.2) is 12.1 Å². The van der Waals surface area contributed by atoms with E-state index in [4.69, 9.17) is 23.8 Å². The summed E-state index contributed by atoms with van der Waals surface area (Å²) in [6.45, 7) is 1.28. The van der Waals surface area contributed by atoms with E-state index in [0.717, 1.165) is 24.4 Å². The first-order valence-corrected chi connectivity index (χ1v) is 7.90. The molecular weight excluding hydrogens is 328 g/mol. The molecule has 118 valence electrons. The molecule has 1 atom stereocenters. The Kier molecular flexibility index (Phi) is 4.34. The van der Waals surface area contributed by atoms with Crippen molar-refractivity contribution in [2.75, 3.05) is 13.6 Å². The first-order chi connectivity index (χ1) is 10.5. The second-order valence-corrected chi connectivity index (χ2v) is 6.27. The minimum absolute atomic E-state index is 0.0476. The lowest BCUT2D eigenvalue weighted by atomic mass is 9.95. The average molecular weight is 344 g/mol. The van der Waals surface area contributed by atoms with E-state index in [1.807, 2.05) is 11.6 Å². The number of rotatable bonds is 4. The third-order valence-electron chi connectivity index (χ3n) is 4.13.